The van der Waals surface area contributed by atoms with Crippen LogP contribution in [0.3, 0.4) is 0 Å². The quantitative estimate of drug-likeness (QED) is 0.729. The van der Waals surface area contributed by atoms with E-state index in [0.29, 0.717) is 5.65 Å². The van der Waals surface area contributed by atoms with Gasteiger partial charge in [-0.3, -0.25) is 9.20 Å². The van der Waals surface area contributed by atoms with Gasteiger partial charge >= 0.3 is 5.97 Å². The first-order valence-corrected chi connectivity index (χ1v) is 5.29. The highest BCUT2D eigenvalue weighted by molar-refractivity contribution is 5.87. The average molecular weight is 232 g/mol. The van der Waals surface area contributed by atoms with Gasteiger partial charge in [0.1, 0.15) is 5.65 Å². The molecule has 0 aliphatic rings. The van der Waals surface area contributed by atoms with E-state index in [1.807, 2.05) is 13.0 Å². The van der Waals surface area contributed by atoms with Gasteiger partial charge < -0.3 is 4.74 Å². The first kappa shape index (κ1) is 11.3. The van der Waals surface area contributed by atoms with Gasteiger partial charge in [-0.25, -0.2) is 9.78 Å². The largest absolute Gasteiger partial charge is 0.461 e. The van der Waals surface area contributed by atoms with Crippen LogP contribution in [-0.4, -0.2) is 22.0 Å². The number of hydrogen-bond donors (Lipinski definition) is 0. The zero-order valence-electron chi connectivity index (χ0n) is 9.64. The second kappa shape index (κ2) is 4.37. The van der Waals surface area contributed by atoms with Crippen molar-refractivity contribution in [2.24, 2.45) is 0 Å². The van der Waals surface area contributed by atoms with Gasteiger partial charge in [0.2, 0.25) is 0 Å². The summed E-state index contributed by atoms with van der Waals surface area (Å²) in [7, 11) is 0. The van der Waals surface area contributed by atoms with Crippen LogP contribution in [0.2, 0.25) is 0 Å². The molecule has 2 heterocycles. The fourth-order valence-corrected chi connectivity index (χ4v) is 1.52. The zero-order chi connectivity index (χ0) is 12.4. The van der Waals surface area contributed by atoms with Crippen molar-refractivity contribution in [2.45, 2.75) is 13.8 Å². The molecule has 0 N–H and O–H groups in total. The lowest BCUT2D eigenvalue weighted by molar-refractivity contribution is 0.0519. The fraction of sp³-hybridized carbons (Fsp3) is 0.250. The van der Waals surface area contributed by atoms with E-state index >= 15 is 0 Å². The highest BCUT2D eigenvalue weighted by Gasteiger charge is 2.11. The van der Waals surface area contributed by atoms with Crippen LogP contribution in [0, 0.1) is 6.92 Å². The third kappa shape index (κ3) is 2.18. The predicted molar refractivity (Wildman–Crippen MR) is 62.2 cm³/mol. The standard InChI is InChI=1S/C12H12N2O3/c1-3-17-12(16)9-6-11(15)14-7-8(2)4-5-10(14)13-9/h4-7H,3H2,1-2H3. The van der Waals surface area contributed by atoms with Gasteiger partial charge in [-0.2, -0.15) is 0 Å². The lowest BCUT2D eigenvalue weighted by atomic mass is 10.3. The van der Waals surface area contributed by atoms with Gasteiger partial charge in [0.15, 0.2) is 5.69 Å². The Morgan fingerprint density at radius 1 is 1.47 bits per heavy atom. The molecule has 2 aromatic rings. The average Bonchev–Trinajstić information content (AvgIpc) is 2.30. The second-order valence-electron chi connectivity index (χ2n) is 3.63. The number of nitrogens with zero attached hydrogens (tertiary/aromatic N) is 2. The molecule has 0 atom stereocenters. The van der Waals surface area contributed by atoms with Crippen molar-refractivity contribution in [2.75, 3.05) is 6.61 Å². The molecule has 0 unspecified atom stereocenters. The van der Waals surface area contributed by atoms with Crippen LogP contribution in [0.25, 0.3) is 5.65 Å². The monoisotopic (exact) mass is 232 g/mol. The lowest BCUT2D eigenvalue weighted by Crippen LogP contribution is -2.19. The van der Waals surface area contributed by atoms with E-state index in [-0.39, 0.29) is 17.9 Å². The van der Waals surface area contributed by atoms with Crippen LogP contribution in [0.1, 0.15) is 23.0 Å². The van der Waals surface area contributed by atoms with Crippen LogP contribution in [0.5, 0.6) is 0 Å². The van der Waals surface area contributed by atoms with Crippen molar-refractivity contribution in [3.05, 3.63) is 46.0 Å². The third-order valence-corrected chi connectivity index (χ3v) is 2.29. The number of aromatic nitrogens is 2. The van der Waals surface area contributed by atoms with Gasteiger partial charge in [0.25, 0.3) is 5.56 Å². The molecule has 0 aliphatic carbocycles. The number of hydrogen-bond acceptors (Lipinski definition) is 4. The van der Waals surface area contributed by atoms with Gasteiger partial charge in [0.05, 0.1) is 6.61 Å². The second-order valence-corrected chi connectivity index (χ2v) is 3.63. The summed E-state index contributed by atoms with van der Waals surface area (Å²) in [5.41, 5.74) is 1.14. The normalized spacial score (nSPS) is 10.5. The Morgan fingerprint density at radius 3 is 2.94 bits per heavy atom. The maximum atomic E-state index is 11.8. The SMILES string of the molecule is CCOC(=O)c1cc(=O)n2cc(C)ccc2n1. The molecule has 0 saturated carbocycles. The van der Waals surface area contributed by atoms with Crippen LogP contribution in [0.4, 0.5) is 0 Å². The molecule has 0 aromatic carbocycles. The number of pyridine rings is 1. The Labute approximate surface area is 97.7 Å². The van der Waals surface area contributed by atoms with E-state index in [1.165, 1.54) is 10.5 Å². The minimum atomic E-state index is -0.576. The minimum Gasteiger partial charge on any atom is -0.461 e. The van der Waals surface area contributed by atoms with Crippen molar-refractivity contribution in [1.82, 2.24) is 9.38 Å². The molecule has 0 fully saturated rings. The van der Waals surface area contributed by atoms with Crippen molar-refractivity contribution >= 4 is 11.6 Å². The number of esters is 1. The Balaban J connectivity index is 2.60. The van der Waals surface area contributed by atoms with E-state index in [0.717, 1.165) is 5.56 Å². The first-order chi connectivity index (χ1) is 8.11. The third-order valence-electron chi connectivity index (χ3n) is 2.29. The number of rotatable bonds is 2. The topological polar surface area (TPSA) is 60.7 Å². The molecule has 0 aliphatic heterocycles. The van der Waals surface area contributed by atoms with E-state index in [9.17, 15) is 9.59 Å². The number of aryl methyl sites for hydroxylation is 1. The van der Waals surface area contributed by atoms with Gasteiger partial charge in [0, 0.05) is 12.3 Å². The van der Waals surface area contributed by atoms with E-state index in [4.69, 9.17) is 4.74 Å². The molecule has 17 heavy (non-hydrogen) atoms. The van der Waals surface area contributed by atoms with Crippen LogP contribution < -0.4 is 5.56 Å². The summed E-state index contributed by atoms with van der Waals surface area (Å²) in [5, 5.41) is 0. The Hall–Kier alpha value is -2.17. The highest BCUT2D eigenvalue weighted by atomic mass is 16.5. The lowest BCUT2D eigenvalue weighted by Gasteiger charge is -2.04. The number of ether oxygens (including phenoxy) is 1. The maximum Gasteiger partial charge on any atom is 0.357 e. The number of carbonyl (C=O) groups excluding carboxylic acids is 1. The summed E-state index contributed by atoms with van der Waals surface area (Å²) in [6, 6.07) is 4.71. The van der Waals surface area contributed by atoms with Crippen molar-refractivity contribution < 1.29 is 9.53 Å². The van der Waals surface area contributed by atoms with Gasteiger partial charge in [-0.15, -0.1) is 0 Å². The molecule has 2 rings (SSSR count). The Kier molecular flexibility index (Phi) is 2.91. The summed E-state index contributed by atoms with van der Waals surface area (Å²) in [6.07, 6.45) is 1.68. The Morgan fingerprint density at radius 2 is 2.24 bits per heavy atom. The molecular weight excluding hydrogens is 220 g/mol. The highest BCUT2D eigenvalue weighted by Crippen LogP contribution is 2.03. The van der Waals surface area contributed by atoms with Gasteiger partial charge in [-0.1, -0.05) is 6.07 Å². The Bertz CT molecular complexity index is 631. The molecule has 5 heteroatoms. The number of carbonyl (C=O) groups is 1. The summed E-state index contributed by atoms with van der Waals surface area (Å²) >= 11 is 0. The molecular formula is C12H12N2O3. The maximum absolute atomic E-state index is 11.8. The summed E-state index contributed by atoms with van der Waals surface area (Å²) in [5.74, 6) is -0.576. The molecule has 0 radical (unpaired) electrons. The smallest absolute Gasteiger partial charge is 0.357 e. The molecule has 0 amide bonds. The van der Waals surface area contributed by atoms with Crippen LogP contribution >= 0.6 is 0 Å². The zero-order valence-corrected chi connectivity index (χ0v) is 9.64. The minimum absolute atomic E-state index is 0.0423. The van der Waals surface area contributed by atoms with Crippen LogP contribution in [-0.2, 0) is 4.74 Å². The summed E-state index contributed by atoms with van der Waals surface area (Å²) in [6.45, 7) is 3.84. The molecule has 0 bridgehead atoms. The molecule has 2 aromatic heterocycles. The first-order valence-electron chi connectivity index (χ1n) is 5.29. The predicted octanol–water partition coefficient (Wildman–Crippen LogP) is 1.18. The molecule has 88 valence electrons. The van der Waals surface area contributed by atoms with E-state index in [1.54, 1.807) is 19.2 Å². The molecule has 5 nitrogen and oxygen atoms in total. The van der Waals surface area contributed by atoms with Crippen molar-refractivity contribution in [3.8, 4) is 0 Å². The molecule has 0 saturated heterocycles. The summed E-state index contributed by atoms with van der Waals surface area (Å²) in [4.78, 5) is 27.3. The summed E-state index contributed by atoms with van der Waals surface area (Å²) < 4.78 is 6.21. The van der Waals surface area contributed by atoms with E-state index < -0.39 is 5.97 Å². The van der Waals surface area contributed by atoms with Crippen molar-refractivity contribution in [3.63, 3.8) is 0 Å². The fourth-order valence-electron chi connectivity index (χ4n) is 1.52. The van der Waals surface area contributed by atoms with E-state index in [2.05, 4.69) is 4.98 Å². The van der Waals surface area contributed by atoms with Crippen molar-refractivity contribution in [1.29, 1.82) is 0 Å². The molecule has 0 spiro atoms. The van der Waals surface area contributed by atoms with Gasteiger partial charge in [-0.05, 0) is 25.5 Å². The van der Waals surface area contributed by atoms with Crippen LogP contribution in [0.15, 0.2) is 29.2 Å². The number of fused-ring (bicyclic) bond motifs is 1.